The number of nitrogens with one attached hydrogen (secondary N) is 1. The van der Waals surface area contributed by atoms with Crippen LogP contribution in [0.3, 0.4) is 0 Å². The van der Waals surface area contributed by atoms with E-state index in [0.717, 1.165) is 15.8 Å². The van der Waals surface area contributed by atoms with Gasteiger partial charge in [-0.15, -0.1) is 10.2 Å². The molecule has 3 heterocycles. The lowest BCUT2D eigenvalue weighted by atomic mass is 9.92. The van der Waals surface area contributed by atoms with Gasteiger partial charge in [-0.25, -0.2) is 4.39 Å². The molecule has 0 fully saturated rings. The molecule has 1 aliphatic rings. The fraction of sp³-hybridized carbons (Fsp3) is 0.136. The minimum Gasteiger partial charge on any atom is -0.355 e. The molecule has 7 nitrogen and oxygen atoms in total. The van der Waals surface area contributed by atoms with E-state index in [2.05, 4.69) is 25.6 Å². The molecule has 1 atom stereocenters. The topological polar surface area (TPSA) is 85.1 Å². The molecule has 4 aromatic rings. The summed E-state index contributed by atoms with van der Waals surface area (Å²) in [5.41, 5.74) is 2.27. The van der Waals surface area contributed by atoms with E-state index in [1.54, 1.807) is 16.8 Å². The first-order valence-electron chi connectivity index (χ1n) is 9.67. The summed E-state index contributed by atoms with van der Waals surface area (Å²) in [6.07, 6.45) is 5.29. The molecule has 154 valence electrons. The fourth-order valence-electron chi connectivity index (χ4n) is 3.49. The lowest BCUT2D eigenvalue weighted by Gasteiger charge is -2.16. The van der Waals surface area contributed by atoms with Crippen LogP contribution in [0.25, 0.3) is 16.6 Å². The maximum Gasteiger partial charge on any atom is 0.253 e. The average Bonchev–Trinajstić information content (AvgIpc) is 3.20. The Morgan fingerprint density at radius 1 is 1.23 bits per heavy atom. The van der Waals surface area contributed by atoms with Gasteiger partial charge in [-0.2, -0.15) is 9.61 Å². The van der Waals surface area contributed by atoms with Crippen molar-refractivity contribution in [2.75, 3.05) is 7.05 Å². The predicted octanol–water partition coefficient (Wildman–Crippen LogP) is 3.84. The monoisotopic (exact) mass is 432 g/mol. The zero-order chi connectivity index (χ0) is 21.4. The molecule has 1 amide bonds. The lowest BCUT2D eigenvalue weighted by molar-refractivity contribution is -0.116. The molecule has 0 spiro atoms. The largest absolute Gasteiger partial charge is 0.355 e. The number of carbonyl (C=O) groups excluding carboxylic acids is 1. The van der Waals surface area contributed by atoms with Crippen molar-refractivity contribution in [3.8, 4) is 0 Å². The third-order valence-electron chi connectivity index (χ3n) is 5.07. The van der Waals surface area contributed by atoms with Gasteiger partial charge in [0.05, 0.1) is 16.8 Å². The molecule has 0 radical (unpaired) electrons. The van der Waals surface area contributed by atoms with E-state index in [9.17, 15) is 9.18 Å². The fourth-order valence-corrected chi connectivity index (χ4v) is 4.32. The van der Waals surface area contributed by atoms with Gasteiger partial charge >= 0.3 is 0 Å². The Morgan fingerprint density at radius 3 is 2.97 bits per heavy atom. The molecule has 0 saturated carbocycles. The number of allylic oxidation sites excluding steroid dienone is 2. The van der Waals surface area contributed by atoms with Crippen molar-refractivity contribution < 1.29 is 9.18 Å². The highest BCUT2D eigenvalue weighted by Gasteiger charge is 2.23. The van der Waals surface area contributed by atoms with E-state index in [0.29, 0.717) is 22.9 Å². The molecule has 1 aliphatic carbocycles. The highest BCUT2D eigenvalue weighted by Crippen LogP contribution is 2.32. The zero-order valence-corrected chi connectivity index (χ0v) is 17.3. The van der Waals surface area contributed by atoms with Crippen LogP contribution in [0.5, 0.6) is 0 Å². The Labute approximate surface area is 181 Å². The van der Waals surface area contributed by atoms with Gasteiger partial charge in [0.15, 0.2) is 5.65 Å². The second-order valence-corrected chi connectivity index (χ2v) is 8.07. The molecule has 0 bridgehead atoms. The van der Waals surface area contributed by atoms with Crippen molar-refractivity contribution in [1.29, 1.82) is 0 Å². The summed E-state index contributed by atoms with van der Waals surface area (Å²) in [5, 5.41) is 17.2. The number of hydrogen-bond acceptors (Lipinski definition) is 6. The summed E-state index contributed by atoms with van der Waals surface area (Å²) in [4.78, 5) is 17.1. The zero-order valence-electron chi connectivity index (χ0n) is 16.5. The number of amides is 1. The van der Waals surface area contributed by atoms with Crippen molar-refractivity contribution in [3.63, 3.8) is 0 Å². The summed E-state index contributed by atoms with van der Waals surface area (Å²) in [5.74, 6) is -1.25. The molecule has 3 aromatic heterocycles. The van der Waals surface area contributed by atoms with E-state index < -0.39 is 11.7 Å². The molecule has 0 aliphatic heterocycles. The lowest BCUT2D eigenvalue weighted by Crippen LogP contribution is -2.22. The van der Waals surface area contributed by atoms with E-state index in [1.165, 1.54) is 24.9 Å². The highest BCUT2D eigenvalue weighted by atomic mass is 32.2. The molecule has 0 saturated heterocycles. The first kappa shape index (κ1) is 19.4. The molecular formula is C22H17FN6OS. The van der Waals surface area contributed by atoms with Gasteiger partial charge in [-0.1, -0.05) is 12.1 Å². The van der Waals surface area contributed by atoms with Crippen LogP contribution in [0.4, 0.5) is 4.39 Å². The van der Waals surface area contributed by atoms with Crippen molar-refractivity contribution >= 4 is 34.2 Å². The smallest absolute Gasteiger partial charge is 0.253 e. The number of rotatable bonds is 4. The van der Waals surface area contributed by atoms with Gasteiger partial charge in [-0.3, -0.25) is 9.78 Å². The maximum atomic E-state index is 14.4. The third-order valence-corrected chi connectivity index (χ3v) is 6.00. The second-order valence-electron chi connectivity index (χ2n) is 7.02. The van der Waals surface area contributed by atoms with Gasteiger partial charge in [0.25, 0.3) is 5.91 Å². The van der Waals surface area contributed by atoms with Crippen LogP contribution in [-0.2, 0) is 4.79 Å². The van der Waals surface area contributed by atoms with Crippen molar-refractivity contribution in [2.45, 2.75) is 22.4 Å². The summed E-state index contributed by atoms with van der Waals surface area (Å²) in [7, 11) is 1.48. The van der Waals surface area contributed by atoms with Crippen molar-refractivity contribution in [3.05, 3.63) is 77.9 Å². The summed E-state index contributed by atoms with van der Waals surface area (Å²) >= 11 is 1.45. The van der Waals surface area contributed by atoms with Gasteiger partial charge in [0.1, 0.15) is 5.83 Å². The van der Waals surface area contributed by atoms with Crippen LogP contribution < -0.4 is 5.32 Å². The number of benzene rings is 1. The number of aromatic nitrogens is 5. The number of hydrogen-bond donors (Lipinski definition) is 1. The Morgan fingerprint density at radius 2 is 2.13 bits per heavy atom. The van der Waals surface area contributed by atoms with Crippen LogP contribution in [0.1, 0.15) is 18.0 Å². The number of carbonyl (C=O) groups is 1. The van der Waals surface area contributed by atoms with E-state index >= 15 is 0 Å². The molecule has 31 heavy (non-hydrogen) atoms. The Balaban J connectivity index is 1.45. The summed E-state index contributed by atoms with van der Waals surface area (Å²) in [6.45, 7) is 0. The standard InChI is InChI=1S/C22H17FN6OS/c1-24-21(30)16-6-4-14(12-17(16)23)19-8-9-20-26-27-22(29(20)28-19)31-15-5-7-18-13(11-15)3-2-10-25-18/h2-3,5-12,14H,4H2,1H3,(H,24,30). The van der Waals surface area contributed by atoms with Crippen molar-refractivity contribution in [2.24, 2.45) is 0 Å². The van der Waals surface area contributed by atoms with Gasteiger partial charge in [0.2, 0.25) is 5.16 Å². The number of fused-ring (bicyclic) bond motifs is 2. The first-order valence-corrected chi connectivity index (χ1v) is 10.5. The predicted molar refractivity (Wildman–Crippen MR) is 115 cm³/mol. The van der Waals surface area contributed by atoms with Crippen LogP contribution >= 0.6 is 11.8 Å². The third kappa shape index (κ3) is 3.68. The molecule has 1 unspecified atom stereocenters. The number of halogens is 1. The molecular weight excluding hydrogens is 415 g/mol. The van der Waals surface area contributed by atoms with Crippen LogP contribution in [0, 0.1) is 0 Å². The number of likely N-dealkylation sites (N-methyl/N-ethyl adjacent to an activating group) is 1. The minimum atomic E-state index is -0.541. The Kier molecular flexibility index (Phi) is 4.95. The van der Waals surface area contributed by atoms with Gasteiger partial charge in [-0.05, 0) is 60.7 Å². The SMILES string of the molecule is CNC(=O)C1=CCC(c2ccc3nnc(Sc4ccc5ncccc5c4)n3n2)C=C1F. The van der Waals surface area contributed by atoms with Crippen LogP contribution in [-0.4, -0.2) is 37.8 Å². The summed E-state index contributed by atoms with van der Waals surface area (Å²) < 4.78 is 16.1. The van der Waals surface area contributed by atoms with Gasteiger partial charge < -0.3 is 5.32 Å². The molecule has 9 heteroatoms. The normalized spacial score (nSPS) is 16.3. The molecule has 1 aromatic carbocycles. The Bertz CT molecular complexity index is 1380. The van der Waals surface area contributed by atoms with E-state index in [-0.39, 0.29) is 11.5 Å². The van der Waals surface area contributed by atoms with Gasteiger partial charge in [0, 0.05) is 29.4 Å². The van der Waals surface area contributed by atoms with E-state index in [1.807, 2.05) is 42.5 Å². The number of nitrogens with zero attached hydrogens (tertiary/aromatic N) is 5. The highest BCUT2D eigenvalue weighted by molar-refractivity contribution is 7.99. The number of pyridine rings is 1. The van der Waals surface area contributed by atoms with E-state index in [4.69, 9.17) is 0 Å². The minimum absolute atomic E-state index is 0.0613. The second kappa shape index (κ2) is 7.92. The Hall–Kier alpha value is -3.59. The van der Waals surface area contributed by atoms with Crippen LogP contribution in [0.15, 0.2) is 82.3 Å². The average molecular weight is 432 g/mol. The first-order chi connectivity index (χ1) is 15.1. The van der Waals surface area contributed by atoms with Crippen LogP contribution in [0.2, 0.25) is 0 Å². The maximum absolute atomic E-state index is 14.4. The molecule has 1 N–H and O–H groups in total. The quantitative estimate of drug-likeness (QED) is 0.528. The molecule has 5 rings (SSSR count). The summed E-state index contributed by atoms with van der Waals surface area (Å²) in [6, 6.07) is 13.5. The van der Waals surface area contributed by atoms with Crippen molar-refractivity contribution in [1.82, 2.24) is 30.1 Å².